The average Bonchev–Trinajstić information content (AvgIpc) is 2.36. The number of nitrogens with two attached hydrogens (primary N) is 1. The van der Waals surface area contributed by atoms with Crippen molar-refractivity contribution in [3.63, 3.8) is 0 Å². The van der Waals surface area contributed by atoms with Crippen LogP contribution in [0.2, 0.25) is 0 Å². The summed E-state index contributed by atoms with van der Waals surface area (Å²) in [7, 11) is 3.38. The first kappa shape index (κ1) is 24.1. The summed E-state index contributed by atoms with van der Waals surface area (Å²) >= 11 is 0. The number of alkyl halides is 3. The van der Waals surface area contributed by atoms with Crippen LogP contribution in [-0.2, 0) is 11.0 Å². The summed E-state index contributed by atoms with van der Waals surface area (Å²) in [6, 6.07) is 2.86. The van der Waals surface area contributed by atoms with E-state index in [1.54, 1.807) is 32.8 Å². The van der Waals surface area contributed by atoms with Gasteiger partial charge in [-0.1, -0.05) is 6.92 Å². The summed E-state index contributed by atoms with van der Waals surface area (Å²) in [4.78, 5) is 13.6. The first-order valence-electron chi connectivity index (χ1n) is 6.49. The van der Waals surface area contributed by atoms with Crippen LogP contribution in [0.25, 0.3) is 0 Å². The van der Waals surface area contributed by atoms with Crippen LogP contribution in [0.1, 0.15) is 19.4 Å². The van der Waals surface area contributed by atoms with E-state index < -0.39 is 29.6 Å². The van der Waals surface area contributed by atoms with Crippen LogP contribution < -0.4 is 16.0 Å². The van der Waals surface area contributed by atoms with Gasteiger partial charge in [-0.15, -0.1) is 24.8 Å². The molecule has 0 aromatic heterocycles. The molecule has 1 aromatic rings. The van der Waals surface area contributed by atoms with Gasteiger partial charge in [-0.2, -0.15) is 13.2 Å². The highest BCUT2D eigenvalue weighted by Gasteiger charge is 2.31. The molecule has 0 radical (unpaired) electrons. The highest BCUT2D eigenvalue weighted by atomic mass is 35.5. The normalized spacial score (nSPS) is 13.2. The van der Waals surface area contributed by atoms with Crippen LogP contribution in [0.5, 0.6) is 0 Å². The lowest BCUT2D eigenvalue weighted by Crippen LogP contribution is -2.34. The van der Waals surface area contributed by atoms with Gasteiger partial charge in [0, 0.05) is 20.1 Å². The monoisotopic (exact) mass is 375 g/mol. The number of hydrogen-bond acceptors (Lipinski definition) is 3. The Balaban J connectivity index is 0. The smallest absolute Gasteiger partial charge is 0.376 e. The molecule has 0 saturated heterocycles. The quantitative estimate of drug-likeness (QED) is 0.845. The minimum absolute atomic E-state index is 0. The van der Waals surface area contributed by atoms with Crippen molar-refractivity contribution in [1.29, 1.82) is 0 Å². The molecule has 0 saturated carbocycles. The van der Waals surface area contributed by atoms with E-state index in [2.05, 4.69) is 5.32 Å². The second-order valence-electron chi connectivity index (χ2n) is 5.26. The number of carbonyl (C=O) groups is 1. The third-order valence-corrected chi connectivity index (χ3v) is 3.27. The molecule has 1 rings (SSSR count). The zero-order valence-corrected chi connectivity index (χ0v) is 14.9. The number of halogens is 5. The van der Waals surface area contributed by atoms with E-state index >= 15 is 0 Å². The summed E-state index contributed by atoms with van der Waals surface area (Å²) in [6.07, 6.45) is -4.46. The molecule has 1 amide bonds. The average molecular weight is 376 g/mol. The largest absolute Gasteiger partial charge is 0.416 e. The van der Waals surface area contributed by atoms with Crippen LogP contribution in [0.15, 0.2) is 18.2 Å². The van der Waals surface area contributed by atoms with Gasteiger partial charge >= 0.3 is 6.18 Å². The number of rotatable bonds is 4. The van der Waals surface area contributed by atoms with Crippen molar-refractivity contribution < 1.29 is 18.0 Å². The van der Waals surface area contributed by atoms with Gasteiger partial charge in [-0.05, 0) is 25.1 Å². The lowest BCUT2D eigenvalue weighted by molar-refractivity contribution is -0.137. The Hall–Kier alpha value is -1.18. The molecule has 2 atom stereocenters. The number of carbonyl (C=O) groups excluding carboxylic acids is 1. The third kappa shape index (κ3) is 6.45. The maximum Gasteiger partial charge on any atom is 0.416 e. The molecular formula is C14H22Cl2F3N3O. The van der Waals surface area contributed by atoms with Crippen LogP contribution >= 0.6 is 24.8 Å². The molecule has 0 aliphatic heterocycles. The van der Waals surface area contributed by atoms with Gasteiger partial charge < -0.3 is 16.0 Å². The van der Waals surface area contributed by atoms with Gasteiger partial charge in [0.2, 0.25) is 5.91 Å². The van der Waals surface area contributed by atoms with E-state index in [0.717, 1.165) is 12.1 Å². The minimum atomic E-state index is -4.46. The van der Waals surface area contributed by atoms with Crippen LogP contribution in [0.3, 0.4) is 0 Å². The number of benzene rings is 1. The molecule has 0 bridgehead atoms. The summed E-state index contributed by atoms with van der Waals surface area (Å²) in [5, 5.41) is 2.52. The maximum absolute atomic E-state index is 12.8. The summed E-state index contributed by atoms with van der Waals surface area (Å²) in [6.45, 7) is 3.30. The molecular weight excluding hydrogens is 354 g/mol. The fourth-order valence-corrected chi connectivity index (χ4v) is 1.69. The van der Waals surface area contributed by atoms with E-state index in [1.807, 2.05) is 0 Å². The van der Waals surface area contributed by atoms with Gasteiger partial charge in [0.05, 0.1) is 22.9 Å². The van der Waals surface area contributed by atoms with E-state index in [0.29, 0.717) is 5.69 Å². The van der Waals surface area contributed by atoms with Crippen molar-refractivity contribution in [2.75, 3.05) is 24.3 Å². The van der Waals surface area contributed by atoms with Crippen molar-refractivity contribution in [2.24, 2.45) is 11.7 Å². The van der Waals surface area contributed by atoms with Crippen LogP contribution in [0, 0.1) is 5.92 Å². The molecule has 0 fully saturated rings. The molecule has 0 spiro atoms. The molecule has 23 heavy (non-hydrogen) atoms. The third-order valence-electron chi connectivity index (χ3n) is 3.27. The van der Waals surface area contributed by atoms with Gasteiger partial charge in [0.25, 0.3) is 0 Å². The molecule has 9 heteroatoms. The maximum atomic E-state index is 12.8. The molecule has 1 aromatic carbocycles. The molecule has 0 aliphatic carbocycles. The zero-order chi connectivity index (χ0) is 16.4. The lowest BCUT2D eigenvalue weighted by Gasteiger charge is -2.22. The fourth-order valence-electron chi connectivity index (χ4n) is 1.69. The summed E-state index contributed by atoms with van der Waals surface area (Å²) in [5.74, 6) is -0.915. The SMILES string of the molecule is CC(N)C(C)C(=O)Nc1cc(C(F)(F)F)ccc1N(C)C.Cl.Cl. The van der Waals surface area contributed by atoms with Crippen molar-refractivity contribution in [1.82, 2.24) is 0 Å². The van der Waals surface area contributed by atoms with E-state index in [9.17, 15) is 18.0 Å². The van der Waals surface area contributed by atoms with Crippen molar-refractivity contribution in [3.05, 3.63) is 23.8 Å². The Bertz CT molecular complexity index is 522. The molecule has 134 valence electrons. The van der Waals surface area contributed by atoms with Gasteiger partial charge in [0.15, 0.2) is 0 Å². The topological polar surface area (TPSA) is 58.4 Å². The predicted octanol–water partition coefficient (Wildman–Crippen LogP) is 3.54. The van der Waals surface area contributed by atoms with Crippen LogP contribution in [-0.4, -0.2) is 26.0 Å². The Morgan fingerprint density at radius 3 is 2.13 bits per heavy atom. The molecule has 0 aliphatic rings. The number of anilines is 2. The molecule has 4 nitrogen and oxygen atoms in total. The first-order valence-corrected chi connectivity index (χ1v) is 6.49. The molecule has 3 N–H and O–H groups in total. The summed E-state index contributed by atoms with van der Waals surface area (Å²) in [5.41, 5.74) is 5.44. The lowest BCUT2D eigenvalue weighted by atomic mass is 10.0. The Morgan fingerprint density at radius 2 is 1.74 bits per heavy atom. The van der Waals surface area contributed by atoms with Crippen molar-refractivity contribution >= 4 is 42.1 Å². The van der Waals surface area contributed by atoms with E-state index in [-0.39, 0.29) is 30.5 Å². The number of nitrogens with zero attached hydrogens (tertiary/aromatic N) is 1. The fraction of sp³-hybridized carbons (Fsp3) is 0.500. The number of nitrogens with one attached hydrogen (secondary N) is 1. The van der Waals surface area contributed by atoms with Gasteiger partial charge in [0.1, 0.15) is 0 Å². The second-order valence-corrected chi connectivity index (χ2v) is 5.26. The Kier molecular flexibility index (Phi) is 9.63. The number of amides is 1. The Morgan fingerprint density at radius 1 is 1.22 bits per heavy atom. The standard InChI is InChI=1S/C14H20F3N3O.2ClH/c1-8(9(2)18)13(21)19-11-7-10(14(15,16)17)5-6-12(11)20(3)4;;/h5-9H,18H2,1-4H3,(H,19,21);2*1H. The summed E-state index contributed by atoms with van der Waals surface area (Å²) < 4.78 is 38.3. The second kappa shape index (κ2) is 9.20. The highest BCUT2D eigenvalue weighted by molar-refractivity contribution is 5.96. The number of hydrogen-bond donors (Lipinski definition) is 2. The van der Waals surface area contributed by atoms with Gasteiger partial charge in [-0.25, -0.2) is 0 Å². The van der Waals surface area contributed by atoms with Gasteiger partial charge in [-0.3, -0.25) is 4.79 Å². The van der Waals surface area contributed by atoms with Crippen molar-refractivity contribution in [3.8, 4) is 0 Å². The molecule has 2 unspecified atom stereocenters. The van der Waals surface area contributed by atoms with E-state index in [4.69, 9.17) is 5.73 Å². The van der Waals surface area contributed by atoms with E-state index in [1.165, 1.54) is 6.07 Å². The van der Waals surface area contributed by atoms with Crippen LogP contribution in [0.4, 0.5) is 24.5 Å². The van der Waals surface area contributed by atoms with Crippen molar-refractivity contribution in [2.45, 2.75) is 26.1 Å². The first-order chi connectivity index (χ1) is 9.54. The minimum Gasteiger partial charge on any atom is -0.376 e. The zero-order valence-electron chi connectivity index (χ0n) is 13.3. The Labute approximate surface area is 146 Å². The predicted molar refractivity (Wildman–Crippen MR) is 91.7 cm³/mol. The molecule has 0 heterocycles. The highest BCUT2D eigenvalue weighted by Crippen LogP contribution is 2.35.